The van der Waals surface area contributed by atoms with Gasteiger partial charge in [0.25, 0.3) is 0 Å². The Morgan fingerprint density at radius 1 is 1.13 bits per heavy atom. The van der Waals surface area contributed by atoms with Gasteiger partial charge in [0.15, 0.2) is 0 Å². The molecule has 0 amide bonds. The Kier molecular flexibility index (Phi) is 4.79. The molecule has 2 aliphatic carbocycles. The maximum absolute atomic E-state index is 5.60. The van der Waals surface area contributed by atoms with E-state index in [1.807, 2.05) is 0 Å². The molecule has 2 nitrogen and oxygen atoms in total. The Balaban J connectivity index is 1.60. The van der Waals surface area contributed by atoms with Crippen molar-refractivity contribution in [1.29, 1.82) is 0 Å². The lowest BCUT2D eigenvalue weighted by atomic mass is 10.0. The fourth-order valence-corrected chi connectivity index (χ4v) is 3.83. The van der Waals surface area contributed by atoms with Crippen LogP contribution in [0.4, 0.5) is 0 Å². The molecule has 0 aliphatic heterocycles. The molecule has 1 atom stereocenters. The highest BCUT2D eigenvalue weighted by atomic mass is 32.2. The molecule has 2 aliphatic rings. The van der Waals surface area contributed by atoms with E-state index < -0.39 is 0 Å². The van der Waals surface area contributed by atoms with Crippen LogP contribution in [-0.4, -0.2) is 17.0 Å². The van der Waals surface area contributed by atoms with Gasteiger partial charge in [0.1, 0.15) is 0 Å². The SMILES string of the molecule is NNC(CSC1CCCCC1)CC1CC1. The molecule has 0 radical (unpaired) electrons. The van der Waals surface area contributed by atoms with Crippen LogP contribution >= 0.6 is 11.8 Å². The van der Waals surface area contributed by atoms with E-state index in [-0.39, 0.29) is 0 Å². The topological polar surface area (TPSA) is 38.0 Å². The van der Waals surface area contributed by atoms with Gasteiger partial charge in [-0.2, -0.15) is 11.8 Å². The molecule has 88 valence electrons. The molecule has 15 heavy (non-hydrogen) atoms. The first-order valence-electron chi connectivity index (χ1n) is 6.46. The van der Waals surface area contributed by atoms with Crippen molar-refractivity contribution < 1.29 is 0 Å². The molecule has 0 aromatic carbocycles. The van der Waals surface area contributed by atoms with Crippen LogP contribution in [0.15, 0.2) is 0 Å². The third kappa shape index (κ3) is 4.33. The van der Waals surface area contributed by atoms with E-state index in [0.29, 0.717) is 6.04 Å². The van der Waals surface area contributed by atoms with E-state index in [4.69, 9.17) is 5.84 Å². The van der Waals surface area contributed by atoms with Gasteiger partial charge in [-0.1, -0.05) is 32.1 Å². The zero-order chi connectivity index (χ0) is 10.5. The van der Waals surface area contributed by atoms with E-state index in [0.717, 1.165) is 11.2 Å². The number of thioether (sulfide) groups is 1. The van der Waals surface area contributed by atoms with Crippen molar-refractivity contribution in [2.24, 2.45) is 11.8 Å². The third-order valence-electron chi connectivity index (χ3n) is 3.64. The summed E-state index contributed by atoms with van der Waals surface area (Å²) in [4.78, 5) is 0. The van der Waals surface area contributed by atoms with Gasteiger partial charge in [0.05, 0.1) is 0 Å². The zero-order valence-corrected chi connectivity index (χ0v) is 10.4. The van der Waals surface area contributed by atoms with Gasteiger partial charge in [0.2, 0.25) is 0 Å². The second-order valence-corrected chi connectivity index (χ2v) is 6.47. The Hall–Kier alpha value is 0.270. The standard InChI is InChI=1S/C12H24N2S/c13-14-11(8-10-6-7-10)9-15-12-4-2-1-3-5-12/h10-12,14H,1-9,13H2. The molecule has 3 N–H and O–H groups in total. The summed E-state index contributed by atoms with van der Waals surface area (Å²) in [6, 6.07) is 0.560. The minimum Gasteiger partial charge on any atom is -0.271 e. The summed E-state index contributed by atoms with van der Waals surface area (Å²) in [5, 5.41) is 0.925. The van der Waals surface area contributed by atoms with E-state index in [1.165, 1.54) is 57.1 Å². The maximum Gasteiger partial charge on any atom is 0.0303 e. The molecular formula is C12H24N2S. The first-order chi connectivity index (χ1) is 7.38. The number of hydrazine groups is 1. The van der Waals surface area contributed by atoms with E-state index in [1.54, 1.807) is 0 Å². The van der Waals surface area contributed by atoms with Gasteiger partial charge in [-0.05, 0) is 25.2 Å². The van der Waals surface area contributed by atoms with Crippen LogP contribution in [0.3, 0.4) is 0 Å². The lowest BCUT2D eigenvalue weighted by Gasteiger charge is -2.23. The highest BCUT2D eigenvalue weighted by Crippen LogP contribution is 2.35. The van der Waals surface area contributed by atoms with Crippen molar-refractivity contribution in [3.8, 4) is 0 Å². The summed E-state index contributed by atoms with van der Waals surface area (Å²) in [5.41, 5.74) is 2.99. The molecular weight excluding hydrogens is 204 g/mol. The number of nitrogens with one attached hydrogen (secondary N) is 1. The maximum atomic E-state index is 5.60. The summed E-state index contributed by atoms with van der Waals surface area (Å²) in [5.74, 6) is 7.81. The molecule has 0 bridgehead atoms. The van der Waals surface area contributed by atoms with Crippen LogP contribution in [0.1, 0.15) is 51.4 Å². The molecule has 0 saturated heterocycles. The fourth-order valence-electron chi connectivity index (χ4n) is 2.42. The predicted molar refractivity (Wildman–Crippen MR) is 67.8 cm³/mol. The second-order valence-electron chi connectivity index (χ2n) is 5.14. The zero-order valence-electron chi connectivity index (χ0n) is 9.58. The summed E-state index contributed by atoms with van der Waals surface area (Å²) < 4.78 is 0. The van der Waals surface area contributed by atoms with Crippen molar-refractivity contribution in [2.45, 2.75) is 62.7 Å². The van der Waals surface area contributed by atoms with E-state index >= 15 is 0 Å². The molecule has 2 fully saturated rings. The molecule has 3 heteroatoms. The van der Waals surface area contributed by atoms with Gasteiger partial charge >= 0.3 is 0 Å². The fraction of sp³-hybridized carbons (Fsp3) is 1.00. The molecule has 2 saturated carbocycles. The van der Waals surface area contributed by atoms with Gasteiger partial charge in [-0.25, -0.2) is 0 Å². The van der Waals surface area contributed by atoms with Gasteiger partial charge in [0, 0.05) is 17.0 Å². The van der Waals surface area contributed by atoms with Crippen LogP contribution in [0.25, 0.3) is 0 Å². The van der Waals surface area contributed by atoms with Crippen LogP contribution < -0.4 is 11.3 Å². The summed E-state index contributed by atoms with van der Waals surface area (Å²) in [6.07, 6.45) is 11.4. The molecule has 1 unspecified atom stereocenters. The quantitative estimate of drug-likeness (QED) is 0.542. The van der Waals surface area contributed by atoms with Crippen molar-refractivity contribution in [2.75, 3.05) is 5.75 Å². The predicted octanol–water partition coefficient (Wildman–Crippen LogP) is 2.68. The van der Waals surface area contributed by atoms with Gasteiger partial charge in [-0.15, -0.1) is 0 Å². The average molecular weight is 228 g/mol. The number of hydrogen-bond donors (Lipinski definition) is 2. The summed E-state index contributed by atoms with van der Waals surface area (Å²) >= 11 is 2.16. The third-order valence-corrected chi connectivity index (χ3v) is 5.17. The number of nitrogens with two attached hydrogens (primary N) is 1. The second kappa shape index (κ2) is 6.12. The van der Waals surface area contributed by atoms with Crippen molar-refractivity contribution in [3.05, 3.63) is 0 Å². The average Bonchev–Trinajstić information content (AvgIpc) is 3.09. The minimum absolute atomic E-state index is 0.560. The van der Waals surface area contributed by atoms with Gasteiger partial charge < -0.3 is 0 Å². The molecule has 0 aromatic rings. The van der Waals surface area contributed by atoms with Crippen LogP contribution in [0.5, 0.6) is 0 Å². The summed E-state index contributed by atoms with van der Waals surface area (Å²) in [6.45, 7) is 0. The Morgan fingerprint density at radius 3 is 2.47 bits per heavy atom. The summed E-state index contributed by atoms with van der Waals surface area (Å²) in [7, 11) is 0. The monoisotopic (exact) mass is 228 g/mol. The smallest absolute Gasteiger partial charge is 0.0303 e. The highest BCUT2D eigenvalue weighted by molar-refractivity contribution is 7.99. The van der Waals surface area contributed by atoms with Crippen molar-refractivity contribution in [1.82, 2.24) is 5.43 Å². The Labute approximate surface area is 97.7 Å². The first kappa shape index (κ1) is 11.7. The van der Waals surface area contributed by atoms with Crippen LogP contribution in [0.2, 0.25) is 0 Å². The van der Waals surface area contributed by atoms with Gasteiger partial charge in [-0.3, -0.25) is 11.3 Å². The van der Waals surface area contributed by atoms with Crippen molar-refractivity contribution in [3.63, 3.8) is 0 Å². The minimum atomic E-state index is 0.560. The Morgan fingerprint density at radius 2 is 1.87 bits per heavy atom. The van der Waals surface area contributed by atoms with Crippen LogP contribution in [0, 0.1) is 5.92 Å². The lowest BCUT2D eigenvalue weighted by Crippen LogP contribution is -2.37. The lowest BCUT2D eigenvalue weighted by molar-refractivity contribution is 0.498. The van der Waals surface area contributed by atoms with Crippen molar-refractivity contribution >= 4 is 11.8 Å². The van der Waals surface area contributed by atoms with E-state index in [9.17, 15) is 0 Å². The molecule has 0 aromatic heterocycles. The number of rotatable bonds is 6. The highest BCUT2D eigenvalue weighted by Gasteiger charge is 2.25. The van der Waals surface area contributed by atoms with Crippen LogP contribution in [-0.2, 0) is 0 Å². The molecule has 2 rings (SSSR count). The number of hydrogen-bond acceptors (Lipinski definition) is 3. The normalized spacial score (nSPS) is 25.4. The Bertz CT molecular complexity index is 176. The molecule has 0 spiro atoms. The largest absolute Gasteiger partial charge is 0.271 e. The van der Waals surface area contributed by atoms with E-state index in [2.05, 4.69) is 17.2 Å². The first-order valence-corrected chi connectivity index (χ1v) is 7.51. The molecule has 0 heterocycles.